The molecule has 11 heavy (non-hydrogen) atoms. The van der Waals surface area contributed by atoms with E-state index in [0.717, 1.165) is 12.8 Å². The SMILES string of the molecule is CC[C@@](CCO)(OC)C(C)C. The number of rotatable bonds is 5. The van der Waals surface area contributed by atoms with Crippen molar-refractivity contribution in [3.63, 3.8) is 0 Å². The molecule has 0 aliphatic carbocycles. The largest absolute Gasteiger partial charge is 0.396 e. The number of hydrogen-bond acceptors (Lipinski definition) is 2. The van der Waals surface area contributed by atoms with E-state index in [1.807, 2.05) is 0 Å². The van der Waals surface area contributed by atoms with E-state index < -0.39 is 0 Å². The smallest absolute Gasteiger partial charge is 0.0720 e. The zero-order chi connectivity index (χ0) is 8.91. The normalized spacial score (nSPS) is 16.9. The summed E-state index contributed by atoms with van der Waals surface area (Å²) < 4.78 is 5.43. The van der Waals surface area contributed by atoms with Crippen molar-refractivity contribution < 1.29 is 9.84 Å². The van der Waals surface area contributed by atoms with Gasteiger partial charge in [-0.2, -0.15) is 0 Å². The van der Waals surface area contributed by atoms with Gasteiger partial charge in [0.25, 0.3) is 0 Å². The maximum atomic E-state index is 8.83. The van der Waals surface area contributed by atoms with Crippen LogP contribution in [0.4, 0.5) is 0 Å². The van der Waals surface area contributed by atoms with Crippen LogP contribution < -0.4 is 0 Å². The Morgan fingerprint density at radius 3 is 2.09 bits per heavy atom. The molecule has 0 heterocycles. The van der Waals surface area contributed by atoms with Gasteiger partial charge in [0.05, 0.1) is 5.60 Å². The molecule has 0 aromatic rings. The Labute approximate surface area is 69.6 Å². The van der Waals surface area contributed by atoms with Crippen molar-refractivity contribution >= 4 is 0 Å². The lowest BCUT2D eigenvalue weighted by molar-refractivity contribution is -0.0659. The van der Waals surface area contributed by atoms with E-state index >= 15 is 0 Å². The van der Waals surface area contributed by atoms with Gasteiger partial charge in [0.15, 0.2) is 0 Å². The minimum Gasteiger partial charge on any atom is -0.396 e. The lowest BCUT2D eigenvalue weighted by Crippen LogP contribution is -2.37. The van der Waals surface area contributed by atoms with E-state index in [0.29, 0.717) is 5.92 Å². The minimum atomic E-state index is -0.116. The van der Waals surface area contributed by atoms with Crippen LogP contribution >= 0.6 is 0 Å². The number of aliphatic hydroxyl groups is 1. The Balaban J connectivity index is 4.20. The molecule has 0 amide bonds. The van der Waals surface area contributed by atoms with Crippen molar-refractivity contribution in [1.29, 1.82) is 0 Å². The second-order valence-electron chi connectivity index (χ2n) is 3.25. The zero-order valence-corrected chi connectivity index (χ0v) is 8.05. The third-order valence-electron chi connectivity index (χ3n) is 2.59. The molecule has 0 saturated heterocycles. The van der Waals surface area contributed by atoms with Gasteiger partial charge in [-0.05, 0) is 18.8 Å². The summed E-state index contributed by atoms with van der Waals surface area (Å²) in [7, 11) is 1.72. The molecule has 2 nitrogen and oxygen atoms in total. The molecule has 0 unspecified atom stereocenters. The molecule has 68 valence electrons. The third kappa shape index (κ3) is 2.46. The quantitative estimate of drug-likeness (QED) is 0.664. The van der Waals surface area contributed by atoms with Crippen LogP contribution in [-0.2, 0) is 4.74 Å². The molecule has 1 N–H and O–H groups in total. The Kier molecular flexibility index (Phi) is 4.69. The molecular weight excluding hydrogens is 140 g/mol. The average molecular weight is 160 g/mol. The first kappa shape index (κ1) is 10.9. The van der Waals surface area contributed by atoms with Crippen LogP contribution in [0.25, 0.3) is 0 Å². The number of ether oxygens (including phenoxy) is 1. The molecule has 0 spiro atoms. The van der Waals surface area contributed by atoms with Gasteiger partial charge in [-0.25, -0.2) is 0 Å². The van der Waals surface area contributed by atoms with Crippen LogP contribution in [0, 0.1) is 5.92 Å². The number of aliphatic hydroxyl groups excluding tert-OH is 1. The van der Waals surface area contributed by atoms with Crippen LogP contribution in [-0.4, -0.2) is 24.4 Å². The summed E-state index contributed by atoms with van der Waals surface area (Å²) >= 11 is 0. The fraction of sp³-hybridized carbons (Fsp3) is 1.00. The zero-order valence-electron chi connectivity index (χ0n) is 8.05. The van der Waals surface area contributed by atoms with Crippen molar-refractivity contribution in [2.45, 2.75) is 39.2 Å². The molecule has 0 aromatic heterocycles. The van der Waals surface area contributed by atoms with Crippen molar-refractivity contribution in [3.05, 3.63) is 0 Å². The fourth-order valence-corrected chi connectivity index (χ4v) is 1.55. The van der Waals surface area contributed by atoms with Gasteiger partial charge < -0.3 is 9.84 Å². The topological polar surface area (TPSA) is 29.5 Å². The van der Waals surface area contributed by atoms with E-state index in [9.17, 15) is 0 Å². The Morgan fingerprint density at radius 2 is 2.00 bits per heavy atom. The van der Waals surface area contributed by atoms with Crippen LogP contribution in [0.2, 0.25) is 0 Å². The van der Waals surface area contributed by atoms with Crippen molar-refractivity contribution in [2.24, 2.45) is 5.92 Å². The van der Waals surface area contributed by atoms with Crippen LogP contribution in [0.5, 0.6) is 0 Å². The van der Waals surface area contributed by atoms with Gasteiger partial charge in [-0.1, -0.05) is 20.8 Å². The molecule has 0 radical (unpaired) electrons. The molecule has 2 heteroatoms. The Bertz CT molecular complexity index is 95.7. The summed E-state index contributed by atoms with van der Waals surface area (Å²) in [4.78, 5) is 0. The van der Waals surface area contributed by atoms with Gasteiger partial charge in [-0.15, -0.1) is 0 Å². The summed E-state index contributed by atoms with van der Waals surface area (Å²) in [6.07, 6.45) is 1.69. The molecule has 1 atom stereocenters. The fourth-order valence-electron chi connectivity index (χ4n) is 1.55. The molecule has 0 rings (SSSR count). The standard InChI is InChI=1S/C9H20O2/c1-5-9(11-4,6-7-10)8(2)3/h8,10H,5-7H2,1-4H3/t9-/m0/s1. The minimum absolute atomic E-state index is 0.116. The Morgan fingerprint density at radius 1 is 1.45 bits per heavy atom. The van der Waals surface area contributed by atoms with Gasteiger partial charge in [-0.3, -0.25) is 0 Å². The van der Waals surface area contributed by atoms with Crippen molar-refractivity contribution in [3.8, 4) is 0 Å². The van der Waals surface area contributed by atoms with E-state index in [4.69, 9.17) is 9.84 Å². The van der Waals surface area contributed by atoms with Crippen molar-refractivity contribution in [1.82, 2.24) is 0 Å². The predicted molar refractivity (Wildman–Crippen MR) is 46.6 cm³/mol. The van der Waals surface area contributed by atoms with E-state index in [1.165, 1.54) is 0 Å². The molecule has 0 bridgehead atoms. The third-order valence-corrected chi connectivity index (χ3v) is 2.59. The maximum absolute atomic E-state index is 8.83. The van der Waals surface area contributed by atoms with Gasteiger partial charge in [0, 0.05) is 13.7 Å². The number of methoxy groups -OCH3 is 1. The second kappa shape index (κ2) is 4.73. The maximum Gasteiger partial charge on any atom is 0.0720 e. The van der Waals surface area contributed by atoms with Gasteiger partial charge >= 0.3 is 0 Å². The summed E-state index contributed by atoms with van der Waals surface area (Å²) in [5, 5.41) is 8.83. The highest BCUT2D eigenvalue weighted by molar-refractivity contribution is 4.81. The van der Waals surface area contributed by atoms with E-state index in [2.05, 4.69) is 20.8 Å². The average Bonchev–Trinajstić information content (AvgIpc) is 2.00. The number of hydrogen-bond donors (Lipinski definition) is 1. The molecule has 0 saturated carbocycles. The first-order valence-electron chi connectivity index (χ1n) is 4.29. The summed E-state index contributed by atoms with van der Waals surface area (Å²) in [6.45, 7) is 6.56. The van der Waals surface area contributed by atoms with Crippen LogP contribution in [0.3, 0.4) is 0 Å². The highest BCUT2D eigenvalue weighted by atomic mass is 16.5. The van der Waals surface area contributed by atoms with Crippen LogP contribution in [0.1, 0.15) is 33.6 Å². The van der Waals surface area contributed by atoms with Gasteiger partial charge in [0.1, 0.15) is 0 Å². The molecular formula is C9H20O2. The van der Waals surface area contributed by atoms with E-state index in [-0.39, 0.29) is 12.2 Å². The predicted octanol–water partition coefficient (Wildman–Crippen LogP) is 1.82. The summed E-state index contributed by atoms with van der Waals surface area (Å²) in [6, 6.07) is 0. The highest BCUT2D eigenvalue weighted by Crippen LogP contribution is 2.28. The molecule has 0 aromatic carbocycles. The summed E-state index contributed by atoms with van der Waals surface area (Å²) in [5.74, 6) is 0.463. The first-order valence-corrected chi connectivity index (χ1v) is 4.29. The van der Waals surface area contributed by atoms with E-state index in [1.54, 1.807) is 7.11 Å². The lowest BCUT2D eigenvalue weighted by Gasteiger charge is -2.34. The van der Waals surface area contributed by atoms with Crippen molar-refractivity contribution in [2.75, 3.05) is 13.7 Å². The molecule has 0 fully saturated rings. The highest BCUT2D eigenvalue weighted by Gasteiger charge is 2.30. The molecule has 0 aliphatic rings. The van der Waals surface area contributed by atoms with Gasteiger partial charge in [0.2, 0.25) is 0 Å². The first-order chi connectivity index (χ1) is 5.13. The monoisotopic (exact) mass is 160 g/mol. The van der Waals surface area contributed by atoms with Crippen LogP contribution in [0.15, 0.2) is 0 Å². The molecule has 0 aliphatic heterocycles. The summed E-state index contributed by atoms with van der Waals surface area (Å²) in [5.41, 5.74) is -0.116. The lowest BCUT2D eigenvalue weighted by atomic mass is 9.85. The Hall–Kier alpha value is -0.0800. The second-order valence-corrected chi connectivity index (χ2v) is 3.25.